The molecule has 1 aromatic heterocycles. The van der Waals surface area contributed by atoms with Gasteiger partial charge in [0.1, 0.15) is 11.5 Å². The van der Waals surface area contributed by atoms with Crippen LogP contribution in [0.3, 0.4) is 0 Å². The smallest absolute Gasteiger partial charge is 0.416 e. The molecule has 0 atom stereocenters. The Hall–Kier alpha value is -3.47. The van der Waals surface area contributed by atoms with Crippen LogP contribution in [-0.4, -0.2) is 6.21 Å². The molecule has 0 saturated heterocycles. The fourth-order valence-electron chi connectivity index (χ4n) is 2.49. The normalized spacial score (nSPS) is 12.3. The third-order valence-electron chi connectivity index (χ3n) is 3.85. The largest absolute Gasteiger partial charge is 0.455 e. The van der Waals surface area contributed by atoms with Crippen LogP contribution >= 0.6 is 0 Å². The Labute approximate surface area is 161 Å². The fourth-order valence-corrected chi connectivity index (χ4v) is 2.49. The maximum atomic E-state index is 13.0. The lowest BCUT2D eigenvalue weighted by Gasteiger charge is -2.13. The van der Waals surface area contributed by atoms with Crippen molar-refractivity contribution in [2.24, 2.45) is 4.99 Å². The van der Waals surface area contributed by atoms with E-state index in [4.69, 9.17) is 10.8 Å². The standard InChI is InChI=1S/C21H11F6NO/c1-2-13-4-3-5-17(8-13)28-12-18-6-7-19(29-18)14-9-15(20(22,23)24)11-16(10-14)21(25,26)27/h1,3-12H. The van der Waals surface area contributed by atoms with Crippen LogP contribution < -0.4 is 0 Å². The molecule has 29 heavy (non-hydrogen) atoms. The van der Waals surface area contributed by atoms with Crippen molar-refractivity contribution in [2.45, 2.75) is 12.4 Å². The van der Waals surface area contributed by atoms with Crippen LogP contribution in [0, 0.1) is 12.3 Å². The van der Waals surface area contributed by atoms with Gasteiger partial charge in [-0.15, -0.1) is 6.42 Å². The molecular formula is C21H11F6NO. The van der Waals surface area contributed by atoms with Crippen LogP contribution in [0.4, 0.5) is 32.0 Å². The first-order valence-electron chi connectivity index (χ1n) is 8.07. The van der Waals surface area contributed by atoms with E-state index in [1.807, 2.05) is 0 Å². The molecule has 0 radical (unpaired) electrons. The zero-order chi connectivity index (χ0) is 21.2. The maximum Gasteiger partial charge on any atom is 0.416 e. The lowest BCUT2D eigenvalue weighted by Crippen LogP contribution is -2.11. The van der Waals surface area contributed by atoms with E-state index in [0.29, 0.717) is 23.4 Å². The summed E-state index contributed by atoms with van der Waals surface area (Å²) in [7, 11) is 0. The molecule has 8 heteroatoms. The first-order chi connectivity index (χ1) is 13.6. The first kappa shape index (κ1) is 20.3. The van der Waals surface area contributed by atoms with E-state index >= 15 is 0 Å². The van der Waals surface area contributed by atoms with E-state index in [1.54, 1.807) is 24.3 Å². The molecule has 0 saturated carbocycles. The summed E-state index contributed by atoms with van der Waals surface area (Å²) in [5.74, 6) is 2.44. The second kappa shape index (κ2) is 7.51. The highest BCUT2D eigenvalue weighted by molar-refractivity contribution is 5.80. The summed E-state index contributed by atoms with van der Waals surface area (Å²) in [5.41, 5.74) is -2.07. The average molecular weight is 407 g/mol. The number of alkyl halides is 6. The Balaban J connectivity index is 1.95. The van der Waals surface area contributed by atoms with Crippen molar-refractivity contribution in [3.63, 3.8) is 0 Å². The number of hydrogen-bond acceptors (Lipinski definition) is 2. The van der Waals surface area contributed by atoms with Crippen LogP contribution in [0.5, 0.6) is 0 Å². The van der Waals surface area contributed by atoms with Crippen molar-refractivity contribution < 1.29 is 30.8 Å². The van der Waals surface area contributed by atoms with Gasteiger partial charge in [0.25, 0.3) is 0 Å². The van der Waals surface area contributed by atoms with Crippen LogP contribution in [0.1, 0.15) is 22.5 Å². The molecule has 0 fully saturated rings. The van der Waals surface area contributed by atoms with E-state index in [0.717, 1.165) is 0 Å². The van der Waals surface area contributed by atoms with Gasteiger partial charge in [0.15, 0.2) is 0 Å². The molecule has 0 aliphatic heterocycles. The second-order valence-corrected chi connectivity index (χ2v) is 5.95. The second-order valence-electron chi connectivity index (χ2n) is 5.95. The minimum absolute atomic E-state index is 0.0628. The van der Waals surface area contributed by atoms with E-state index in [1.165, 1.54) is 18.3 Å². The summed E-state index contributed by atoms with van der Waals surface area (Å²) in [4.78, 5) is 4.13. The van der Waals surface area contributed by atoms with Crippen LogP contribution in [-0.2, 0) is 12.4 Å². The minimum atomic E-state index is -4.94. The number of nitrogens with zero attached hydrogens (tertiary/aromatic N) is 1. The minimum Gasteiger partial charge on any atom is -0.455 e. The highest BCUT2D eigenvalue weighted by Crippen LogP contribution is 2.38. The summed E-state index contributed by atoms with van der Waals surface area (Å²) in [6.45, 7) is 0. The molecule has 1 heterocycles. The van der Waals surface area contributed by atoms with Crippen molar-refractivity contribution in [1.29, 1.82) is 0 Å². The predicted molar refractivity (Wildman–Crippen MR) is 95.8 cm³/mol. The fraction of sp³-hybridized carbons (Fsp3) is 0.0952. The van der Waals surface area contributed by atoms with E-state index in [2.05, 4.69) is 10.9 Å². The average Bonchev–Trinajstić information content (AvgIpc) is 3.14. The zero-order valence-corrected chi connectivity index (χ0v) is 14.5. The van der Waals surface area contributed by atoms with Gasteiger partial charge in [-0.1, -0.05) is 12.0 Å². The van der Waals surface area contributed by atoms with Crippen LogP contribution in [0.25, 0.3) is 11.3 Å². The number of rotatable bonds is 3. The van der Waals surface area contributed by atoms with E-state index in [-0.39, 0.29) is 23.2 Å². The molecule has 0 amide bonds. The molecule has 0 aliphatic carbocycles. The summed E-state index contributed by atoms with van der Waals surface area (Å²) < 4.78 is 83.3. The van der Waals surface area contributed by atoms with Gasteiger partial charge >= 0.3 is 12.4 Å². The Morgan fingerprint density at radius 3 is 2.10 bits per heavy atom. The summed E-state index contributed by atoms with van der Waals surface area (Å²) in [5, 5.41) is 0. The molecule has 0 spiro atoms. The van der Waals surface area contributed by atoms with Crippen molar-refractivity contribution in [3.05, 3.63) is 77.0 Å². The monoisotopic (exact) mass is 407 g/mol. The Morgan fingerprint density at radius 2 is 1.52 bits per heavy atom. The molecule has 0 N–H and O–H groups in total. The highest BCUT2D eigenvalue weighted by Gasteiger charge is 2.37. The van der Waals surface area contributed by atoms with Crippen LogP contribution in [0.2, 0.25) is 0 Å². The molecule has 0 bridgehead atoms. The van der Waals surface area contributed by atoms with Crippen molar-refractivity contribution >= 4 is 11.9 Å². The molecule has 0 aliphatic rings. The van der Waals surface area contributed by atoms with E-state index in [9.17, 15) is 26.3 Å². The van der Waals surface area contributed by atoms with Gasteiger partial charge < -0.3 is 4.42 Å². The van der Waals surface area contributed by atoms with Gasteiger partial charge in [-0.3, -0.25) is 4.99 Å². The quantitative estimate of drug-likeness (QED) is 0.269. The lowest BCUT2D eigenvalue weighted by molar-refractivity contribution is -0.143. The Morgan fingerprint density at radius 1 is 0.862 bits per heavy atom. The molecule has 2 nitrogen and oxygen atoms in total. The number of terminal acetylenes is 1. The number of halogens is 6. The number of furan rings is 1. The summed E-state index contributed by atoms with van der Waals surface area (Å²) >= 11 is 0. The molecule has 148 valence electrons. The molecule has 2 aromatic carbocycles. The molecule has 3 aromatic rings. The van der Waals surface area contributed by atoms with Gasteiger partial charge in [-0.2, -0.15) is 26.3 Å². The van der Waals surface area contributed by atoms with E-state index < -0.39 is 23.5 Å². The highest BCUT2D eigenvalue weighted by atomic mass is 19.4. The number of benzene rings is 2. The summed E-state index contributed by atoms with van der Waals surface area (Å²) in [6.07, 6.45) is -3.28. The van der Waals surface area contributed by atoms with Crippen molar-refractivity contribution in [1.82, 2.24) is 0 Å². The zero-order valence-electron chi connectivity index (χ0n) is 14.5. The Kier molecular flexibility index (Phi) is 5.25. The number of hydrogen-bond donors (Lipinski definition) is 0. The van der Waals surface area contributed by atoms with Gasteiger partial charge in [0, 0.05) is 11.1 Å². The van der Waals surface area contributed by atoms with Crippen LogP contribution in [0.15, 0.2) is 64.0 Å². The molecule has 0 unspecified atom stereocenters. The SMILES string of the molecule is C#Cc1cccc(N=Cc2ccc(-c3cc(C(F)(F)F)cc(C(F)(F)F)c3)o2)c1. The third-order valence-corrected chi connectivity index (χ3v) is 3.85. The van der Waals surface area contributed by atoms with Gasteiger partial charge in [-0.25, -0.2) is 0 Å². The van der Waals surface area contributed by atoms with Crippen molar-refractivity contribution in [3.8, 4) is 23.7 Å². The van der Waals surface area contributed by atoms with Gasteiger partial charge in [0.05, 0.1) is 23.0 Å². The Bertz CT molecular complexity index is 1070. The molecular weight excluding hydrogens is 396 g/mol. The first-order valence-corrected chi connectivity index (χ1v) is 8.07. The summed E-state index contributed by atoms with van der Waals surface area (Å²) in [6, 6.07) is 10.6. The van der Waals surface area contributed by atoms with Gasteiger partial charge in [-0.05, 0) is 48.5 Å². The topological polar surface area (TPSA) is 25.5 Å². The predicted octanol–water partition coefficient (Wildman–Crippen LogP) is 6.72. The molecule has 3 rings (SSSR count). The van der Waals surface area contributed by atoms with Gasteiger partial charge in [0.2, 0.25) is 0 Å². The third kappa shape index (κ3) is 4.88. The lowest BCUT2D eigenvalue weighted by atomic mass is 10.0. The number of aliphatic imine (C=N–C) groups is 1. The maximum absolute atomic E-state index is 13.0. The van der Waals surface area contributed by atoms with Crippen molar-refractivity contribution in [2.75, 3.05) is 0 Å².